The van der Waals surface area contributed by atoms with Crippen LogP contribution < -0.4 is 5.32 Å². The number of aryl methyl sites for hydroxylation is 1. The maximum atomic E-state index is 12.7. The molecule has 0 saturated heterocycles. The minimum atomic E-state index is -0.371. The normalized spacial score (nSPS) is 8.64. The molecule has 0 aliphatic carbocycles. The summed E-state index contributed by atoms with van der Waals surface area (Å²) in [5.41, 5.74) is 0.466. The molecule has 0 aliphatic heterocycles. The zero-order valence-corrected chi connectivity index (χ0v) is 8.89. The summed E-state index contributed by atoms with van der Waals surface area (Å²) >= 11 is 0. The monoisotopic (exact) mass is 198 g/mol. The van der Waals surface area contributed by atoms with Gasteiger partial charge in [0.1, 0.15) is 11.6 Å². The van der Waals surface area contributed by atoms with Crippen LogP contribution in [-0.4, -0.2) is 10.9 Å². The number of nitrogens with zero attached hydrogens (tertiary/aromatic N) is 1. The topological polar surface area (TPSA) is 42.0 Å². The molecular formula is C10H15FN2O. The van der Waals surface area contributed by atoms with Crippen LogP contribution in [-0.2, 0) is 4.79 Å². The van der Waals surface area contributed by atoms with Gasteiger partial charge in [-0.3, -0.25) is 4.79 Å². The first kappa shape index (κ1) is 12.6. The SMILES string of the molecule is CC.CC(=O)Nc1cc(C)c(F)cn1. The molecule has 0 fully saturated rings. The van der Waals surface area contributed by atoms with Crippen LogP contribution in [0, 0.1) is 12.7 Å². The molecule has 0 spiro atoms. The number of aromatic nitrogens is 1. The van der Waals surface area contributed by atoms with Crippen molar-refractivity contribution in [2.24, 2.45) is 0 Å². The molecule has 1 aromatic rings. The molecule has 14 heavy (non-hydrogen) atoms. The molecule has 1 rings (SSSR count). The van der Waals surface area contributed by atoms with Crippen molar-refractivity contribution in [1.29, 1.82) is 0 Å². The van der Waals surface area contributed by atoms with Gasteiger partial charge in [-0.2, -0.15) is 0 Å². The van der Waals surface area contributed by atoms with E-state index in [-0.39, 0.29) is 11.7 Å². The van der Waals surface area contributed by atoms with Crippen molar-refractivity contribution in [3.8, 4) is 0 Å². The van der Waals surface area contributed by atoms with Crippen LogP contribution in [0.5, 0.6) is 0 Å². The Labute approximate surface area is 83.4 Å². The van der Waals surface area contributed by atoms with Crippen molar-refractivity contribution in [3.05, 3.63) is 23.6 Å². The summed E-state index contributed by atoms with van der Waals surface area (Å²) in [6.07, 6.45) is 1.08. The van der Waals surface area contributed by atoms with Gasteiger partial charge in [0.05, 0.1) is 6.20 Å². The fourth-order valence-electron chi connectivity index (χ4n) is 0.788. The van der Waals surface area contributed by atoms with Crippen LogP contribution in [0.2, 0.25) is 0 Å². The Balaban J connectivity index is 0.000000791. The summed E-state index contributed by atoms with van der Waals surface area (Å²) in [6, 6.07) is 1.48. The number of halogens is 1. The summed E-state index contributed by atoms with van der Waals surface area (Å²) in [6.45, 7) is 6.99. The van der Waals surface area contributed by atoms with Crippen molar-refractivity contribution < 1.29 is 9.18 Å². The van der Waals surface area contributed by atoms with E-state index in [1.807, 2.05) is 13.8 Å². The van der Waals surface area contributed by atoms with Crippen LogP contribution in [0.1, 0.15) is 26.3 Å². The Bertz CT molecular complexity index is 313. The number of hydrogen-bond donors (Lipinski definition) is 1. The molecule has 0 aliphatic rings. The lowest BCUT2D eigenvalue weighted by molar-refractivity contribution is -0.114. The summed E-state index contributed by atoms with van der Waals surface area (Å²) < 4.78 is 12.7. The Morgan fingerprint density at radius 2 is 2.07 bits per heavy atom. The van der Waals surface area contributed by atoms with E-state index in [1.165, 1.54) is 13.0 Å². The van der Waals surface area contributed by atoms with Gasteiger partial charge in [-0.15, -0.1) is 0 Å². The minimum absolute atomic E-state index is 0.214. The number of pyridine rings is 1. The molecule has 4 heteroatoms. The fraction of sp³-hybridized carbons (Fsp3) is 0.400. The first-order chi connectivity index (χ1) is 6.59. The standard InChI is InChI=1S/C8H9FN2O.C2H6/c1-5-3-8(11-6(2)12)10-4-7(5)9;1-2/h3-4H,1-2H3,(H,10,11,12);1-2H3. The van der Waals surface area contributed by atoms with Crippen LogP contribution >= 0.6 is 0 Å². The zero-order chi connectivity index (χ0) is 11.1. The van der Waals surface area contributed by atoms with Gasteiger partial charge in [-0.1, -0.05) is 13.8 Å². The minimum Gasteiger partial charge on any atom is -0.311 e. The predicted octanol–water partition coefficient (Wildman–Crippen LogP) is 2.51. The predicted molar refractivity (Wildman–Crippen MR) is 54.6 cm³/mol. The van der Waals surface area contributed by atoms with E-state index in [1.54, 1.807) is 6.92 Å². The molecule has 0 saturated carbocycles. The van der Waals surface area contributed by atoms with Gasteiger partial charge < -0.3 is 5.32 Å². The number of hydrogen-bond acceptors (Lipinski definition) is 2. The molecule has 0 atom stereocenters. The Kier molecular flexibility index (Phi) is 5.44. The number of carbonyl (C=O) groups is 1. The summed E-state index contributed by atoms with van der Waals surface area (Å²) in [4.78, 5) is 14.2. The van der Waals surface area contributed by atoms with E-state index in [9.17, 15) is 9.18 Å². The quantitative estimate of drug-likeness (QED) is 0.753. The van der Waals surface area contributed by atoms with Crippen molar-refractivity contribution in [2.45, 2.75) is 27.7 Å². The molecule has 78 valence electrons. The molecule has 1 heterocycles. The number of nitrogens with one attached hydrogen (secondary N) is 1. The number of amides is 1. The number of anilines is 1. The van der Waals surface area contributed by atoms with Crippen LogP contribution in [0.15, 0.2) is 12.3 Å². The molecule has 1 amide bonds. The highest BCUT2D eigenvalue weighted by Crippen LogP contribution is 2.09. The van der Waals surface area contributed by atoms with Crippen LogP contribution in [0.4, 0.5) is 10.2 Å². The highest BCUT2D eigenvalue weighted by atomic mass is 19.1. The average molecular weight is 198 g/mol. The maximum Gasteiger partial charge on any atom is 0.222 e. The van der Waals surface area contributed by atoms with Crippen molar-refractivity contribution >= 4 is 11.7 Å². The van der Waals surface area contributed by atoms with Gasteiger partial charge in [-0.25, -0.2) is 9.37 Å². The first-order valence-electron chi connectivity index (χ1n) is 4.49. The van der Waals surface area contributed by atoms with Crippen LogP contribution in [0.3, 0.4) is 0 Å². The molecule has 1 aromatic heterocycles. The van der Waals surface area contributed by atoms with Gasteiger partial charge >= 0.3 is 0 Å². The smallest absolute Gasteiger partial charge is 0.222 e. The third-order valence-corrected chi connectivity index (χ3v) is 1.35. The average Bonchev–Trinajstić information content (AvgIpc) is 2.14. The lowest BCUT2D eigenvalue weighted by Gasteiger charge is -2.01. The molecular weight excluding hydrogens is 183 g/mol. The lowest BCUT2D eigenvalue weighted by atomic mass is 10.3. The molecule has 3 nitrogen and oxygen atoms in total. The van der Waals surface area contributed by atoms with Gasteiger partial charge in [0.2, 0.25) is 5.91 Å². The number of carbonyl (C=O) groups excluding carboxylic acids is 1. The summed E-state index contributed by atoms with van der Waals surface area (Å²) in [7, 11) is 0. The second-order valence-electron chi connectivity index (χ2n) is 2.50. The van der Waals surface area contributed by atoms with Gasteiger partial charge in [-0.05, 0) is 18.6 Å². The van der Waals surface area contributed by atoms with E-state index in [0.717, 1.165) is 6.20 Å². The van der Waals surface area contributed by atoms with E-state index >= 15 is 0 Å². The maximum absolute atomic E-state index is 12.7. The van der Waals surface area contributed by atoms with Crippen molar-refractivity contribution in [3.63, 3.8) is 0 Å². The Morgan fingerprint density at radius 1 is 1.50 bits per heavy atom. The van der Waals surface area contributed by atoms with Gasteiger partial charge in [0.15, 0.2) is 0 Å². The van der Waals surface area contributed by atoms with Crippen molar-refractivity contribution in [1.82, 2.24) is 4.98 Å². The van der Waals surface area contributed by atoms with Gasteiger partial charge in [0, 0.05) is 6.92 Å². The van der Waals surface area contributed by atoms with E-state index in [2.05, 4.69) is 10.3 Å². The second kappa shape index (κ2) is 6.07. The summed E-state index contributed by atoms with van der Waals surface area (Å²) in [5, 5.41) is 2.46. The third kappa shape index (κ3) is 3.98. The van der Waals surface area contributed by atoms with Crippen LogP contribution in [0.25, 0.3) is 0 Å². The Hall–Kier alpha value is -1.45. The number of rotatable bonds is 1. The molecule has 0 bridgehead atoms. The second-order valence-corrected chi connectivity index (χ2v) is 2.50. The first-order valence-corrected chi connectivity index (χ1v) is 4.49. The van der Waals surface area contributed by atoms with Gasteiger partial charge in [0.25, 0.3) is 0 Å². The molecule has 0 unspecified atom stereocenters. The molecule has 1 N–H and O–H groups in total. The van der Waals surface area contributed by atoms with E-state index in [0.29, 0.717) is 11.4 Å². The highest BCUT2D eigenvalue weighted by Gasteiger charge is 2.00. The largest absolute Gasteiger partial charge is 0.311 e. The molecule has 0 radical (unpaired) electrons. The van der Waals surface area contributed by atoms with Crippen molar-refractivity contribution in [2.75, 3.05) is 5.32 Å². The zero-order valence-electron chi connectivity index (χ0n) is 8.89. The third-order valence-electron chi connectivity index (χ3n) is 1.35. The van der Waals surface area contributed by atoms with E-state index in [4.69, 9.17) is 0 Å². The fourth-order valence-corrected chi connectivity index (χ4v) is 0.788. The lowest BCUT2D eigenvalue weighted by Crippen LogP contribution is -2.07. The molecule has 0 aromatic carbocycles. The van der Waals surface area contributed by atoms with E-state index < -0.39 is 0 Å². The Morgan fingerprint density at radius 3 is 2.50 bits per heavy atom. The summed E-state index contributed by atoms with van der Waals surface area (Å²) in [5.74, 6) is -0.209. The highest BCUT2D eigenvalue weighted by molar-refractivity contribution is 5.87.